The van der Waals surface area contributed by atoms with Gasteiger partial charge in [-0.1, -0.05) is 37.3 Å². The quantitative estimate of drug-likeness (QED) is 0.609. The number of esters is 2. The highest BCUT2D eigenvalue weighted by atomic mass is 16.5. The van der Waals surface area contributed by atoms with Crippen molar-refractivity contribution < 1.29 is 19.1 Å². The van der Waals surface area contributed by atoms with Gasteiger partial charge in [0.25, 0.3) is 0 Å². The van der Waals surface area contributed by atoms with E-state index in [9.17, 15) is 9.59 Å². The normalized spacial score (nSPS) is 10.3. The van der Waals surface area contributed by atoms with E-state index in [1.807, 2.05) is 58.0 Å². The van der Waals surface area contributed by atoms with Gasteiger partial charge in [-0.15, -0.1) is 0 Å². The van der Waals surface area contributed by atoms with Gasteiger partial charge in [-0.3, -0.25) is 4.79 Å². The molecule has 0 radical (unpaired) electrons. The van der Waals surface area contributed by atoms with Gasteiger partial charge >= 0.3 is 11.9 Å². The van der Waals surface area contributed by atoms with Crippen LogP contribution in [0, 0.1) is 0 Å². The highest BCUT2D eigenvalue weighted by Crippen LogP contribution is 2.01. The third-order valence-electron chi connectivity index (χ3n) is 2.22. The van der Waals surface area contributed by atoms with Crippen LogP contribution in [0.5, 0.6) is 0 Å². The largest absolute Gasteiger partial charge is 0.463 e. The van der Waals surface area contributed by atoms with E-state index < -0.39 is 0 Å². The number of benzene rings is 1. The van der Waals surface area contributed by atoms with Crippen molar-refractivity contribution in [3.63, 3.8) is 0 Å². The topological polar surface area (TPSA) is 52.6 Å². The van der Waals surface area contributed by atoms with Crippen molar-refractivity contribution in [1.82, 2.24) is 0 Å². The van der Waals surface area contributed by atoms with E-state index in [0.717, 1.165) is 5.56 Å². The molecule has 0 aliphatic heterocycles. The fraction of sp³-hybridized carbons (Fsp3) is 0.444. The molecule has 0 aliphatic carbocycles. The molecular formula is C18H26O4. The number of hydrogen-bond acceptors (Lipinski definition) is 4. The molecule has 1 rings (SSSR count). The number of carbonyl (C=O) groups is 2. The standard InChI is InChI=1S/C12H14O2.C6H12O2/c1-10(2)14-12(13)9-8-11-6-4-3-5-7-11;1-4-6(7)8-5(2)3/h3-10H,1-2H3;5H,4H2,1-3H3/b9-8+;. The molecule has 0 saturated heterocycles. The summed E-state index contributed by atoms with van der Waals surface area (Å²) in [4.78, 5) is 21.5. The summed E-state index contributed by atoms with van der Waals surface area (Å²) >= 11 is 0. The molecule has 0 saturated carbocycles. The van der Waals surface area contributed by atoms with Gasteiger partial charge < -0.3 is 9.47 Å². The lowest BCUT2D eigenvalue weighted by molar-refractivity contribution is -0.147. The van der Waals surface area contributed by atoms with Crippen LogP contribution >= 0.6 is 0 Å². The lowest BCUT2D eigenvalue weighted by atomic mass is 10.2. The Morgan fingerprint density at radius 3 is 1.95 bits per heavy atom. The Labute approximate surface area is 133 Å². The van der Waals surface area contributed by atoms with Crippen LogP contribution < -0.4 is 0 Å². The average Bonchev–Trinajstić information content (AvgIpc) is 2.45. The second kappa shape index (κ2) is 11.5. The Balaban J connectivity index is 0.000000472. The van der Waals surface area contributed by atoms with E-state index in [2.05, 4.69) is 0 Å². The SMILES string of the molecule is CC(C)OC(=O)/C=C/c1ccccc1.CCC(=O)OC(C)C. The van der Waals surface area contributed by atoms with Gasteiger partial charge in [-0.05, 0) is 39.3 Å². The smallest absolute Gasteiger partial charge is 0.331 e. The van der Waals surface area contributed by atoms with Crippen LogP contribution in [0.3, 0.4) is 0 Å². The van der Waals surface area contributed by atoms with Gasteiger partial charge in [0, 0.05) is 12.5 Å². The van der Waals surface area contributed by atoms with E-state index in [1.165, 1.54) is 6.08 Å². The van der Waals surface area contributed by atoms with Gasteiger partial charge in [0.2, 0.25) is 0 Å². The zero-order chi connectivity index (χ0) is 17.0. The third kappa shape index (κ3) is 11.7. The number of rotatable bonds is 5. The van der Waals surface area contributed by atoms with E-state index in [1.54, 1.807) is 13.0 Å². The van der Waals surface area contributed by atoms with Crippen molar-refractivity contribution >= 4 is 18.0 Å². The molecule has 0 fully saturated rings. The van der Waals surface area contributed by atoms with Crippen molar-refractivity contribution in [2.24, 2.45) is 0 Å². The summed E-state index contributed by atoms with van der Waals surface area (Å²) < 4.78 is 9.71. The van der Waals surface area contributed by atoms with Crippen LogP contribution in [0.2, 0.25) is 0 Å². The monoisotopic (exact) mass is 306 g/mol. The van der Waals surface area contributed by atoms with Crippen LogP contribution in [0.4, 0.5) is 0 Å². The summed E-state index contributed by atoms with van der Waals surface area (Å²) in [5, 5.41) is 0. The Morgan fingerprint density at radius 1 is 1.00 bits per heavy atom. The Kier molecular flexibility index (Phi) is 10.4. The average molecular weight is 306 g/mol. The molecule has 0 aromatic heterocycles. The van der Waals surface area contributed by atoms with Crippen molar-refractivity contribution in [2.45, 2.75) is 53.2 Å². The summed E-state index contributed by atoms with van der Waals surface area (Å²) in [6.07, 6.45) is 3.61. The molecule has 122 valence electrons. The maximum Gasteiger partial charge on any atom is 0.331 e. The highest BCUT2D eigenvalue weighted by molar-refractivity contribution is 5.87. The molecule has 0 amide bonds. The Hall–Kier alpha value is -2.10. The van der Waals surface area contributed by atoms with Gasteiger partial charge in [-0.2, -0.15) is 0 Å². The summed E-state index contributed by atoms with van der Waals surface area (Å²) in [5.41, 5.74) is 0.994. The first kappa shape index (κ1) is 19.9. The predicted octanol–water partition coefficient (Wildman–Crippen LogP) is 4.00. The van der Waals surface area contributed by atoms with Crippen molar-refractivity contribution in [2.75, 3.05) is 0 Å². The van der Waals surface area contributed by atoms with Crippen LogP contribution in [0.1, 0.15) is 46.6 Å². The van der Waals surface area contributed by atoms with Crippen LogP contribution in [0.15, 0.2) is 36.4 Å². The molecule has 0 aliphatic rings. The molecule has 0 unspecified atom stereocenters. The number of carbonyl (C=O) groups excluding carboxylic acids is 2. The van der Waals surface area contributed by atoms with E-state index in [-0.39, 0.29) is 24.1 Å². The zero-order valence-corrected chi connectivity index (χ0v) is 14.0. The molecule has 0 N–H and O–H groups in total. The fourth-order valence-corrected chi connectivity index (χ4v) is 1.35. The molecule has 0 atom stereocenters. The maximum absolute atomic E-state index is 11.1. The minimum absolute atomic E-state index is 0.0300. The minimum Gasteiger partial charge on any atom is -0.463 e. The minimum atomic E-state index is -0.302. The second-order valence-corrected chi connectivity index (χ2v) is 5.12. The van der Waals surface area contributed by atoms with Crippen molar-refractivity contribution in [1.29, 1.82) is 0 Å². The molecule has 1 aromatic carbocycles. The lowest BCUT2D eigenvalue weighted by Gasteiger charge is -2.04. The van der Waals surface area contributed by atoms with Gasteiger partial charge in [0.1, 0.15) is 0 Å². The molecule has 0 bridgehead atoms. The molecule has 0 spiro atoms. The van der Waals surface area contributed by atoms with Crippen molar-refractivity contribution in [3.05, 3.63) is 42.0 Å². The van der Waals surface area contributed by atoms with Crippen LogP contribution in [0.25, 0.3) is 6.08 Å². The summed E-state index contributed by atoms with van der Waals surface area (Å²) in [6, 6.07) is 9.64. The lowest BCUT2D eigenvalue weighted by Crippen LogP contribution is -2.09. The first-order chi connectivity index (χ1) is 10.3. The predicted molar refractivity (Wildman–Crippen MR) is 88.2 cm³/mol. The summed E-state index contributed by atoms with van der Waals surface area (Å²) in [5.74, 6) is -0.427. The maximum atomic E-state index is 11.1. The summed E-state index contributed by atoms with van der Waals surface area (Å²) in [7, 11) is 0. The van der Waals surface area contributed by atoms with Crippen LogP contribution in [-0.4, -0.2) is 24.1 Å². The molecule has 4 heteroatoms. The first-order valence-electron chi connectivity index (χ1n) is 7.48. The molecule has 4 nitrogen and oxygen atoms in total. The molecule has 1 aromatic rings. The van der Waals surface area contributed by atoms with Crippen LogP contribution in [-0.2, 0) is 19.1 Å². The molecule has 0 heterocycles. The third-order valence-corrected chi connectivity index (χ3v) is 2.22. The van der Waals surface area contributed by atoms with Gasteiger partial charge in [-0.25, -0.2) is 4.79 Å². The van der Waals surface area contributed by atoms with E-state index >= 15 is 0 Å². The Morgan fingerprint density at radius 2 is 1.55 bits per heavy atom. The van der Waals surface area contributed by atoms with Gasteiger partial charge in [0.05, 0.1) is 12.2 Å². The first-order valence-corrected chi connectivity index (χ1v) is 7.48. The van der Waals surface area contributed by atoms with E-state index in [0.29, 0.717) is 6.42 Å². The van der Waals surface area contributed by atoms with Crippen molar-refractivity contribution in [3.8, 4) is 0 Å². The zero-order valence-electron chi connectivity index (χ0n) is 14.0. The number of hydrogen-bond donors (Lipinski definition) is 0. The highest BCUT2D eigenvalue weighted by Gasteiger charge is 1.99. The number of ether oxygens (including phenoxy) is 2. The fourth-order valence-electron chi connectivity index (χ4n) is 1.35. The van der Waals surface area contributed by atoms with E-state index in [4.69, 9.17) is 9.47 Å². The second-order valence-electron chi connectivity index (χ2n) is 5.12. The summed E-state index contributed by atoms with van der Waals surface area (Å²) in [6.45, 7) is 9.12. The molecule has 22 heavy (non-hydrogen) atoms. The Bertz CT molecular complexity index is 461. The van der Waals surface area contributed by atoms with Gasteiger partial charge in [0.15, 0.2) is 0 Å². The molecular weight excluding hydrogens is 280 g/mol.